The van der Waals surface area contributed by atoms with E-state index >= 15 is 0 Å². The molecule has 0 saturated heterocycles. The van der Waals surface area contributed by atoms with Gasteiger partial charge in [-0.3, -0.25) is 0 Å². The lowest BCUT2D eigenvalue weighted by molar-refractivity contribution is 0.672. The molecule has 0 amide bonds. The molecule has 11 aromatic rings. The molecule has 4 heteroatoms. The molecule has 0 unspecified atom stereocenters. The molecule has 11 rings (SSSR count). The molecular formula is C46H28N2OS. The fourth-order valence-electron chi connectivity index (χ4n) is 7.95. The number of nitrogens with zero attached hydrogens (tertiary/aromatic N) is 2. The van der Waals surface area contributed by atoms with E-state index in [1.54, 1.807) is 0 Å². The van der Waals surface area contributed by atoms with Gasteiger partial charge in [-0.25, -0.2) is 0 Å². The van der Waals surface area contributed by atoms with Crippen LogP contribution in [0.2, 0.25) is 0 Å². The quantitative estimate of drug-likeness (QED) is 0.188. The van der Waals surface area contributed by atoms with Crippen LogP contribution in [0.3, 0.4) is 0 Å². The van der Waals surface area contributed by atoms with Crippen molar-refractivity contribution >= 4 is 103 Å². The van der Waals surface area contributed by atoms with Crippen LogP contribution in [0.5, 0.6) is 0 Å². The number of benzene rings is 8. The molecule has 0 radical (unpaired) electrons. The molecular weight excluding hydrogens is 629 g/mol. The predicted octanol–water partition coefficient (Wildman–Crippen LogP) is 13.7. The Hall–Kier alpha value is -6.36. The van der Waals surface area contributed by atoms with Crippen molar-refractivity contribution < 1.29 is 4.42 Å². The minimum absolute atomic E-state index is 0.909. The number of aromatic nitrogens is 1. The second-order valence-corrected chi connectivity index (χ2v) is 14.0. The van der Waals surface area contributed by atoms with Crippen molar-refractivity contribution in [3.63, 3.8) is 0 Å². The first kappa shape index (κ1) is 27.6. The van der Waals surface area contributed by atoms with Crippen molar-refractivity contribution in [3.05, 3.63) is 170 Å². The number of hydrogen-bond acceptors (Lipinski definition) is 3. The smallest absolute Gasteiger partial charge is 0.143 e. The first-order valence-electron chi connectivity index (χ1n) is 16.9. The van der Waals surface area contributed by atoms with Crippen LogP contribution >= 0.6 is 11.3 Å². The third kappa shape index (κ3) is 3.97. The molecule has 3 nitrogen and oxygen atoms in total. The minimum atomic E-state index is 0.909. The van der Waals surface area contributed by atoms with Crippen LogP contribution in [-0.4, -0.2) is 4.57 Å². The Labute approximate surface area is 291 Å². The van der Waals surface area contributed by atoms with Crippen LogP contribution in [-0.2, 0) is 0 Å². The van der Waals surface area contributed by atoms with Gasteiger partial charge in [0.2, 0.25) is 0 Å². The molecule has 8 aromatic carbocycles. The summed E-state index contributed by atoms with van der Waals surface area (Å²) in [4.78, 5) is 2.42. The molecule has 0 aliphatic carbocycles. The van der Waals surface area contributed by atoms with Gasteiger partial charge >= 0.3 is 0 Å². The number of hydrogen-bond donors (Lipinski definition) is 0. The van der Waals surface area contributed by atoms with Gasteiger partial charge in [-0.05, 0) is 66.7 Å². The van der Waals surface area contributed by atoms with E-state index in [-0.39, 0.29) is 0 Å². The third-order valence-electron chi connectivity index (χ3n) is 10.2. The molecule has 0 spiro atoms. The molecule has 0 atom stereocenters. The summed E-state index contributed by atoms with van der Waals surface area (Å²) in [6.45, 7) is 0. The number of anilines is 3. The zero-order valence-electron chi connectivity index (χ0n) is 26.9. The number of fused-ring (bicyclic) bond motifs is 11. The van der Waals surface area contributed by atoms with Gasteiger partial charge in [-0.2, -0.15) is 0 Å². The van der Waals surface area contributed by atoms with Crippen LogP contribution in [0, 0.1) is 0 Å². The maximum Gasteiger partial charge on any atom is 0.143 e. The number of thiophene rings is 1. The van der Waals surface area contributed by atoms with E-state index in [0.717, 1.165) is 55.5 Å². The van der Waals surface area contributed by atoms with E-state index in [1.165, 1.54) is 42.0 Å². The Morgan fingerprint density at radius 2 is 1.04 bits per heavy atom. The van der Waals surface area contributed by atoms with Crippen LogP contribution in [0.15, 0.2) is 174 Å². The van der Waals surface area contributed by atoms with E-state index in [1.807, 2.05) is 17.4 Å². The van der Waals surface area contributed by atoms with E-state index < -0.39 is 0 Å². The summed E-state index contributed by atoms with van der Waals surface area (Å²) in [5.41, 5.74) is 8.65. The zero-order valence-corrected chi connectivity index (χ0v) is 27.7. The first-order valence-corrected chi connectivity index (χ1v) is 17.7. The molecule has 234 valence electrons. The fourth-order valence-corrected chi connectivity index (χ4v) is 9.09. The highest BCUT2D eigenvalue weighted by molar-refractivity contribution is 7.25. The second kappa shape index (κ2) is 10.6. The molecule has 0 bridgehead atoms. The normalized spacial score (nSPS) is 12.0. The number of para-hydroxylation sites is 3. The van der Waals surface area contributed by atoms with Gasteiger partial charge in [0.15, 0.2) is 0 Å². The van der Waals surface area contributed by atoms with E-state index in [0.29, 0.717) is 0 Å². The van der Waals surface area contributed by atoms with Crippen molar-refractivity contribution in [1.29, 1.82) is 0 Å². The summed E-state index contributed by atoms with van der Waals surface area (Å²) >= 11 is 1.85. The summed E-state index contributed by atoms with van der Waals surface area (Å²) in [5, 5.41) is 9.58. The summed E-state index contributed by atoms with van der Waals surface area (Å²) in [5.74, 6) is 0. The molecule has 3 aromatic heterocycles. The average molecular weight is 657 g/mol. The molecule has 0 N–H and O–H groups in total. The molecule has 3 heterocycles. The van der Waals surface area contributed by atoms with Gasteiger partial charge in [0.05, 0.1) is 16.7 Å². The van der Waals surface area contributed by atoms with E-state index in [9.17, 15) is 0 Å². The summed E-state index contributed by atoms with van der Waals surface area (Å²) in [6, 6.07) is 61.3. The van der Waals surface area contributed by atoms with Crippen LogP contribution in [0.4, 0.5) is 17.1 Å². The molecule has 50 heavy (non-hydrogen) atoms. The van der Waals surface area contributed by atoms with Crippen molar-refractivity contribution in [2.45, 2.75) is 0 Å². The second-order valence-electron chi connectivity index (χ2n) is 12.9. The summed E-state index contributed by atoms with van der Waals surface area (Å²) in [7, 11) is 0. The third-order valence-corrected chi connectivity index (χ3v) is 11.3. The van der Waals surface area contributed by atoms with Crippen molar-refractivity contribution in [1.82, 2.24) is 4.57 Å². The number of rotatable bonds is 4. The lowest BCUT2D eigenvalue weighted by Crippen LogP contribution is -2.10. The Morgan fingerprint density at radius 1 is 0.420 bits per heavy atom. The molecule has 0 aliphatic rings. The number of furan rings is 1. The Bertz CT molecular complexity index is 3110. The van der Waals surface area contributed by atoms with E-state index in [2.05, 4.69) is 173 Å². The van der Waals surface area contributed by atoms with Crippen molar-refractivity contribution in [3.8, 4) is 5.69 Å². The highest BCUT2D eigenvalue weighted by Crippen LogP contribution is 2.46. The average Bonchev–Trinajstić information content (AvgIpc) is 3.85. The van der Waals surface area contributed by atoms with Gasteiger partial charge in [-0.1, -0.05) is 103 Å². The van der Waals surface area contributed by atoms with Gasteiger partial charge in [-0.15, -0.1) is 11.3 Å². The monoisotopic (exact) mass is 656 g/mol. The zero-order chi connectivity index (χ0) is 32.8. The lowest BCUT2D eigenvalue weighted by Gasteiger charge is -2.27. The van der Waals surface area contributed by atoms with Gasteiger partial charge in [0.1, 0.15) is 11.2 Å². The first-order chi connectivity index (χ1) is 24.8. The van der Waals surface area contributed by atoms with Gasteiger partial charge in [0, 0.05) is 69.6 Å². The SMILES string of the molecule is c1ccc(-n2c3ccccc3c3ccc(N(c4ccc5c(c4)sc4ccccc45)c4cccc5c4ccc4c6ccccc6oc54)cc32)cc1. The van der Waals surface area contributed by atoms with Gasteiger partial charge < -0.3 is 13.9 Å². The van der Waals surface area contributed by atoms with E-state index in [4.69, 9.17) is 4.42 Å². The Morgan fingerprint density at radius 3 is 1.94 bits per heavy atom. The van der Waals surface area contributed by atoms with Crippen LogP contribution in [0.1, 0.15) is 0 Å². The largest absolute Gasteiger partial charge is 0.455 e. The summed E-state index contributed by atoms with van der Waals surface area (Å²) < 4.78 is 11.5. The maximum absolute atomic E-state index is 6.54. The Balaban J connectivity index is 1.21. The van der Waals surface area contributed by atoms with Crippen LogP contribution < -0.4 is 4.90 Å². The lowest BCUT2D eigenvalue weighted by atomic mass is 10.0. The molecule has 0 saturated carbocycles. The van der Waals surface area contributed by atoms with Crippen LogP contribution in [0.25, 0.3) is 80.4 Å². The fraction of sp³-hybridized carbons (Fsp3) is 0. The highest BCUT2D eigenvalue weighted by atomic mass is 32.1. The topological polar surface area (TPSA) is 21.3 Å². The highest BCUT2D eigenvalue weighted by Gasteiger charge is 2.21. The molecule has 0 aliphatic heterocycles. The summed E-state index contributed by atoms with van der Waals surface area (Å²) in [6.07, 6.45) is 0. The molecule has 0 fully saturated rings. The standard InChI is InChI=1S/C46H28N2OS/c1-2-11-29(12-3-1)48-41-17-7-4-13-32(41)33-23-21-30(27-42(33)48)47(31-22-24-37-36-15-6-9-20-44(36)50-45(37)28-31)40-18-10-16-38-34(40)25-26-39-35-14-5-8-19-43(35)49-46(38)39/h1-28H. The maximum atomic E-state index is 6.54. The minimum Gasteiger partial charge on any atom is -0.455 e. The van der Waals surface area contributed by atoms with Gasteiger partial charge in [0.25, 0.3) is 0 Å². The van der Waals surface area contributed by atoms with Crippen molar-refractivity contribution in [2.75, 3.05) is 4.90 Å². The predicted molar refractivity (Wildman–Crippen MR) is 213 cm³/mol. The Kier molecular flexibility index (Phi) is 5.83. The van der Waals surface area contributed by atoms with Crippen molar-refractivity contribution in [2.24, 2.45) is 0 Å².